The van der Waals surface area contributed by atoms with E-state index < -0.39 is 21.9 Å². The van der Waals surface area contributed by atoms with Crippen molar-refractivity contribution < 1.29 is 24.1 Å². The summed E-state index contributed by atoms with van der Waals surface area (Å²) < 4.78 is 9.52. The van der Waals surface area contributed by atoms with Gasteiger partial charge in [-0.25, -0.2) is 4.79 Å². The maximum Gasteiger partial charge on any atom is 0.513 e. The lowest BCUT2D eigenvalue weighted by atomic mass is 9.88. The topological polar surface area (TPSA) is 134 Å². The van der Waals surface area contributed by atoms with E-state index in [1.165, 1.54) is 31.2 Å². The highest BCUT2D eigenvalue weighted by molar-refractivity contribution is 5.63. The molecule has 0 bridgehead atoms. The Kier molecular flexibility index (Phi) is 5.01. The Hall–Kier alpha value is -3.43. The monoisotopic (exact) mass is 349 g/mol. The molecule has 1 aromatic carbocycles. The first-order valence-corrected chi connectivity index (χ1v) is 7.10. The molecule has 1 atom stereocenters. The predicted octanol–water partition coefficient (Wildman–Crippen LogP) is 2.80. The van der Waals surface area contributed by atoms with Crippen molar-refractivity contribution in [3.05, 3.63) is 72.9 Å². The maximum absolute atomic E-state index is 11.6. The highest BCUT2D eigenvalue weighted by atomic mass is 16.7. The van der Waals surface area contributed by atoms with Gasteiger partial charge >= 0.3 is 6.16 Å². The van der Waals surface area contributed by atoms with Gasteiger partial charge in [0.05, 0.1) is 33.9 Å². The van der Waals surface area contributed by atoms with Crippen molar-refractivity contribution in [2.75, 3.05) is 7.11 Å². The summed E-state index contributed by atoms with van der Waals surface area (Å²) in [7, 11) is 1.09. The van der Waals surface area contributed by atoms with Crippen molar-refractivity contribution in [3.63, 3.8) is 0 Å². The van der Waals surface area contributed by atoms with Crippen molar-refractivity contribution in [1.82, 2.24) is 5.32 Å². The average molecular weight is 349 g/mol. The molecule has 0 saturated heterocycles. The molecule has 1 heterocycles. The first kappa shape index (κ1) is 17.9. The minimum absolute atomic E-state index is 0.0401. The summed E-state index contributed by atoms with van der Waals surface area (Å²) in [5.74, 6) is -1.37. The van der Waals surface area contributed by atoms with E-state index in [9.17, 15) is 25.0 Å². The van der Waals surface area contributed by atoms with Gasteiger partial charge in [0.1, 0.15) is 11.7 Å². The van der Waals surface area contributed by atoms with Crippen LogP contribution in [0.25, 0.3) is 0 Å². The first-order chi connectivity index (χ1) is 11.8. The Balaban J connectivity index is 2.72. The zero-order chi connectivity index (χ0) is 18.7. The van der Waals surface area contributed by atoms with Gasteiger partial charge in [-0.2, -0.15) is 0 Å². The summed E-state index contributed by atoms with van der Waals surface area (Å²) in [6.07, 6.45) is -1.08. The van der Waals surface area contributed by atoms with Gasteiger partial charge in [0, 0.05) is 6.07 Å². The summed E-state index contributed by atoms with van der Waals surface area (Å²) in [5, 5.41) is 25.7. The van der Waals surface area contributed by atoms with Gasteiger partial charge in [0.15, 0.2) is 0 Å². The highest BCUT2D eigenvalue weighted by Gasteiger charge is 2.42. The predicted molar refractivity (Wildman–Crippen MR) is 84.9 cm³/mol. The fourth-order valence-electron chi connectivity index (χ4n) is 2.66. The first-order valence-electron chi connectivity index (χ1n) is 7.10. The van der Waals surface area contributed by atoms with Crippen LogP contribution < -0.4 is 5.32 Å². The van der Waals surface area contributed by atoms with Gasteiger partial charge in [-0.15, -0.1) is 0 Å². The smallest absolute Gasteiger partial charge is 0.437 e. The Morgan fingerprint density at radius 1 is 1.12 bits per heavy atom. The Labute approximate surface area is 142 Å². The second kappa shape index (κ2) is 6.99. The van der Waals surface area contributed by atoms with E-state index in [1.807, 2.05) is 0 Å². The molecule has 10 heteroatoms. The van der Waals surface area contributed by atoms with Crippen LogP contribution in [0.2, 0.25) is 0 Å². The van der Waals surface area contributed by atoms with Crippen molar-refractivity contribution >= 4 is 11.8 Å². The molecule has 0 saturated carbocycles. The molecular weight excluding hydrogens is 334 g/mol. The van der Waals surface area contributed by atoms with Crippen molar-refractivity contribution in [3.8, 4) is 0 Å². The molecule has 2 rings (SSSR count). The summed E-state index contributed by atoms with van der Waals surface area (Å²) in [6, 6.07) is 5.58. The normalized spacial score (nSPS) is 17.0. The number of nitrogens with zero attached hydrogens (tertiary/aromatic N) is 2. The summed E-state index contributed by atoms with van der Waals surface area (Å²) >= 11 is 0. The van der Waals surface area contributed by atoms with E-state index in [-0.39, 0.29) is 28.4 Å². The fourth-order valence-corrected chi connectivity index (χ4v) is 2.66. The molecule has 1 unspecified atom stereocenters. The van der Waals surface area contributed by atoms with Crippen LogP contribution >= 0.6 is 0 Å². The highest BCUT2D eigenvalue weighted by Crippen LogP contribution is 2.42. The minimum Gasteiger partial charge on any atom is -0.437 e. The number of rotatable bonds is 4. The lowest BCUT2D eigenvalue weighted by Gasteiger charge is -2.26. The van der Waals surface area contributed by atoms with Gasteiger partial charge in [-0.3, -0.25) is 20.2 Å². The molecule has 0 amide bonds. The van der Waals surface area contributed by atoms with Gasteiger partial charge in [-0.1, -0.05) is 18.2 Å². The molecule has 0 radical (unpaired) electrons. The van der Waals surface area contributed by atoms with Crippen molar-refractivity contribution in [2.24, 2.45) is 0 Å². The second-order valence-electron chi connectivity index (χ2n) is 5.19. The lowest BCUT2D eigenvalue weighted by Crippen LogP contribution is -2.30. The van der Waals surface area contributed by atoms with E-state index >= 15 is 0 Å². The fraction of sp³-hybridized carbons (Fsp3) is 0.267. The van der Waals surface area contributed by atoms with Crippen LogP contribution in [-0.2, 0) is 9.47 Å². The van der Waals surface area contributed by atoms with Gasteiger partial charge in [0.25, 0.3) is 11.4 Å². The molecule has 0 fully saturated rings. The standard InChI is InChI=1S/C15H15N3O7/c1-8-13(18(22)23)12(10-6-4-5-7-11(10)17(20)21)14(9(2)16-8)25-15(19)24-3/h4-7,12,16H,1-3H3. The van der Waals surface area contributed by atoms with Crippen molar-refractivity contribution in [2.45, 2.75) is 19.8 Å². The number of carbonyl (C=O) groups is 1. The van der Waals surface area contributed by atoms with Crippen LogP contribution in [0, 0.1) is 20.2 Å². The molecule has 0 spiro atoms. The second-order valence-corrected chi connectivity index (χ2v) is 5.19. The molecule has 1 aliphatic heterocycles. The number of nitro groups is 2. The zero-order valence-electron chi connectivity index (χ0n) is 13.6. The third-order valence-electron chi connectivity index (χ3n) is 3.67. The van der Waals surface area contributed by atoms with Crippen LogP contribution in [0.3, 0.4) is 0 Å². The lowest BCUT2D eigenvalue weighted by molar-refractivity contribution is -0.432. The molecular formula is C15H15N3O7. The van der Waals surface area contributed by atoms with Gasteiger partial charge in [0.2, 0.25) is 0 Å². The molecule has 1 aliphatic rings. The molecule has 1 N–H and O–H groups in total. The number of benzene rings is 1. The molecule has 10 nitrogen and oxygen atoms in total. The van der Waals surface area contributed by atoms with E-state index in [4.69, 9.17) is 4.74 Å². The molecule has 132 valence electrons. The number of ether oxygens (including phenoxy) is 2. The maximum atomic E-state index is 11.6. The number of nitrogens with one attached hydrogen (secondary N) is 1. The van der Waals surface area contributed by atoms with E-state index in [0.29, 0.717) is 5.70 Å². The molecule has 0 aromatic heterocycles. The number of hydrogen-bond donors (Lipinski definition) is 1. The third kappa shape index (κ3) is 3.42. The van der Waals surface area contributed by atoms with Crippen molar-refractivity contribution in [1.29, 1.82) is 0 Å². The number of para-hydroxylation sites is 1. The van der Waals surface area contributed by atoms with Gasteiger partial charge < -0.3 is 14.8 Å². The third-order valence-corrected chi connectivity index (χ3v) is 3.67. The summed E-state index contributed by atoms with van der Waals surface area (Å²) in [5.41, 5.74) is -0.114. The van der Waals surface area contributed by atoms with Crippen LogP contribution in [0.1, 0.15) is 25.3 Å². The molecule has 0 aliphatic carbocycles. The minimum atomic E-state index is -1.24. The number of carbonyl (C=O) groups excluding carboxylic acids is 1. The van der Waals surface area contributed by atoms with Crippen LogP contribution in [0.4, 0.5) is 10.5 Å². The Morgan fingerprint density at radius 2 is 1.76 bits per heavy atom. The van der Waals surface area contributed by atoms with E-state index in [2.05, 4.69) is 10.1 Å². The SMILES string of the molecule is COC(=O)OC1=C(C)NC(C)=C([N+](=O)[O-])C1c1ccccc1[N+](=O)[O-]. The quantitative estimate of drug-likeness (QED) is 0.498. The number of dihydropyridines is 1. The largest absolute Gasteiger partial charge is 0.513 e. The number of methoxy groups -OCH3 is 1. The van der Waals surface area contributed by atoms with E-state index in [1.54, 1.807) is 6.92 Å². The average Bonchev–Trinajstić information content (AvgIpc) is 2.56. The Bertz CT molecular complexity index is 813. The number of allylic oxidation sites excluding steroid dienone is 2. The number of nitro benzene ring substituents is 1. The van der Waals surface area contributed by atoms with Crippen LogP contribution in [0.15, 0.2) is 47.1 Å². The zero-order valence-corrected chi connectivity index (χ0v) is 13.6. The van der Waals surface area contributed by atoms with E-state index in [0.717, 1.165) is 7.11 Å². The molecule has 1 aromatic rings. The summed E-state index contributed by atoms with van der Waals surface area (Å²) in [4.78, 5) is 33.2. The molecule has 25 heavy (non-hydrogen) atoms. The Morgan fingerprint density at radius 3 is 2.32 bits per heavy atom. The number of hydrogen-bond acceptors (Lipinski definition) is 8. The van der Waals surface area contributed by atoms with Crippen LogP contribution in [-0.4, -0.2) is 23.1 Å². The van der Waals surface area contributed by atoms with Gasteiger partial charge in [-0.05, 0) is 13.8 Å². The summed E-state index contributed by atoms with van der Waals surface area (Å²) in [6.45, 7) is 3.01. The van der Waals surface area contributed by atoms with Crippen LogP contribution in [0.5, 0.6) is 0 Å².